The van der Waals surface area contributed by atoms with Gasteiger partial charge in [-0.3, -0.25) is 10.1 Å². The molecule has 2 aromatic rings. The Bertz CT molecular complexity index is 656. The molecule has 2 rings (SSSR count). The predicted octanol–water partition coefficient (Wildman–Crippen LogP) is 2.41. The van der Waals surface area contributed by atoms with Crippen molar-refractivity contribution in [3.8, 4) is 5.75 Å². The van der Waals surface area contributed by atoms with Gasteiger partial charge in [0.1, 0.15) is 5.75 Å². The third kappa shape index (κ3) is 3.57. The molecule has 0 saturated heterocycles. The lowest BCUT2D eigenvalue weighted by Crippen LogP contribution is -2.15. The Morgan fingerprint density at radius 1 is 1.48 bits per heavy atom. The number of benzene rings is 1. The van der Waals surface area contributed by atoms with Gasteiger partial charge in [0.25, 0.3) is 11.9 Å². The third-order valence-corrected chi connectivity index (χ3v) is 3.25. The van der Waals surface area contributed by atoms with Gasteiger partial charge in [0, 0.05) is 4.47 Å². The summed E-state index contributed by atoms with van der Waals surface area (Å²) in [5.41, 5.74) is 1.27. The van der Waals surface area contributed by atoms with Gasteiger partial charge in [0.05, 0.1) is 19.2 Å². The van der Waals surface area contributed by atoms with Gasteiger partial charge < -0.3 is 4.74 Å². The van der Waals surface area contributed by atoms with Gasteiger partial charge in [-0.1, -0.05) is 28.0 Å². The second-order valence-electron chi connectivity index (χ2n) is 4.47. The van der Waals surface area contributed by atoms with E-state index >= 15 is 0 Å². The minimum Gasteiger partial charge on any atom is -0.496 e. The number of halogens is 1. The van der Waals surface area contributed by atoms with Crippen LogP contribution in [0, 0.1) is 6.92 Å². The average Bonchev–Trinajstić information content (AvgIpc) is 2.85. The Labute approximate surface area is 130 Å². The Hall–Kier alpha value is -1.96. The minimum atomic E-state index is -0.340. The second kappa shape index (κ2) is 6.66. The number of hydrogen-bond donors (Lipinski definition) is 1. The number of methoxy groups -OCH3 is 1. The molecule has 1 N–H and O–H groups in total. The molecule has 0 radical (unpaired) electrons. The summed E-state index contributed by atoms with van der Waals surface area (Å²) in [6.07, 6.45) is 0.891. The van der Waals surface area contributed by atoms with Gasteiger partial charge in [-0.25, -0.2) is 0 Å². The van der Waals surface area contributed by atoms with E-state index in [4.69, 9.17) is 4.74 Å². The maximum atomic E-state index is 12.3. The molecule has 112 valence electrons. The van der Waals surface area contributed by atoms with Gasteiger partial charge in [-0.05, 0) is 36.3 Å². The van der Waals surface area contributed by atoms with E-state index < -0.39 is 0 Å². The summed E-state index contributed by atoms with van der Waals surface area (Å²) >= 11 is 3.37. The SMILES string of the molecule is CCCn1nnc(NC(=O)c2cc(Br)cc(C)c2OC)n1. The molecular formula is C13H16BrN5O2. The highest BCUT2D eigenvalue weighted by Crippen LogP contribution is 2.28. The zero-order valence-electron chi connectivity index (χ0n) is 12.1. The van der Waals surface area contributed by atoms with E-state index in [9.17, 15) is 4.79 Å². The first kappa shape index (κ1) is 15.4. The smallest absolute Gasteiger partial charge is 0.270 e. The lowest BCUT2D eigenvalue weighted by molar-refractivity contribution is 0.102. The van der Waals surface area contributed by atoms with Crippen molar-refractivity contribution in [3.63, 3.8) is 0 Å². The van der Waals surface area contributed by atoms with Crippen molar-refractivity contribution in [2.45, 2.75) is 26.8 Å². The molecule has 1 aromatic carbocycles. The fourth-order valence-corrected chi connectivity index (χ4v) is 2.50. The number of aryl methyl sites for hydroxylation is 2. The Morgan fingerprint density at radius 2 is 2.24 bits per heavy atom. The van der Waals surface area contributed by atoms with Crippen LogP contribution in [0.15, 0.2) is 16.6 Å². The van der Waals surface area contributed by atoms with Crippen LogP contribution in [0.2, 0.25) is 0 Å². The number of nitrogens with one attached hydrogen (secondary N) is 1. The Balaban J connectivity index is 2.23. The highest BCUT2D eigenvalue weighted by Gasteiger charge is 2.17. The van der Waals surface area contributed by atoms with Crippen LogP contribution in [0.3, 0.4) is 0 Å². The van der Waals surface area contributed by atoms with Crippen LogP contribution in [0.1, 0.15) is 29.3 Å². The van der Waals surface area contributed by atoms with E-state index in [-0.39, 0.29) is 11.9 Å². The summed E-state index contributed by atoms with van der Waals surface area (Å²) in [5, 5.41) is 14.3. The molecule has 1 aromatic heterocycles. The van der Waals surface area contributed by atoms with Crippen LogP contribution in [0.4, 0.5) is 5.95 Å². The maximum absolute atomic E-state index is 12.3. The predicted molar refractivity (Wildman–Crippen MR) is 81.5 cm³/mol. The minimum absolute atomic E-state index is 0.174. The normalized spacial score (nSPS) is 10.5. The number of nitrogens with zero attached hydrogens (tertiary/aromatic N) is 4. The number of hydrogen-bond acceptors (Lipinski definition) is 5. The van der Waals surface area contributed by atoms with Crippen LogP contribution < -0.4 is 10.1 Å². The van der Waals surface area contributed by atoms with Crippen molar-refractivity contribution >= 4 is 27.8 Å². The standard InChI is InChI=1S/C13H16BrN5O2/c1-4-5-19-17-13(16-18-19)15-12(20)10-7-9(14)6-8(2)11(10)21-3/h6-7H,4-5H2,1-3H3,(H,15,17,20). The van der Waals surface area contributed by atoms with Crippen LogP contribution in [-0.2, 0) is 6.54 Å². The first-order valence-corrected chi connectivity index (χ1v) is 7.27. The molecule has 1 heterocycles. The molecule has 0 unspecified atom stereocenters. The largest absolute Gasteiger partial charge is 0.496 e. The van der Waals surface area contributed by atoms with Crippen LogP contribution >= 0.6 is 15.9 Å². The van der Waals surface area contributed by atoms with Gasteiger partial charge in [0.2, 0.25) is 0 Å². The number of ether oxygens (including phenoxy) is 1. The van der Waals surface area contributed by atoms with Crippen molar-refractivity contribution in [3.05, 3.63) is 27.7 Å². The molecule has 1 amide bonds. The summed E-state index contributed by atoms with van der Waals surface area (Å²) in [6.45, 7) is 4.54. The van der Waals surface area contributed by atoms with E-state index in [0.717, 1.165) is 16.5 Å². The van der Waals surface area contributed by atoms with Crippen molar-refractivity contribution in [1.82, 2.24) is 20.2 Å². The molecular weight excluding hydrogens is 338 g/mol. The topological polar surface area (TPSA) is 81.9 Å². The maximum Gasteiger partial charge on any atom is 0.270 e. The number of amides is 1. The molecule has 7 nitrogen and oxygen atoms in total. The molecule has 0 aliphatic carbocycles. The first-order valence-electron chi connectivity index (χ1n) is 6.48. The second-order valence-corrected chi connectivity index (χ2v) is 5.38. The number of rotatable bonds is 5. The quantitative estimate of drug-likeness (QED) is 0.892. The fraction of sp³-hybridized carbons (Fsp3) is 0.385. The van der Waals surface area contributed by atoms with E-state index in [0.29, 0.717) is 17.9 Å². The molecule has 0 aliphatic rings. The van der Waals surface area contributed by atoms with Crippen LogP contribution in [0.5, 0.6) is 5.75 Å². The van der Waals surface area contributed by atoms with Crippen LogP contribution in [0.25, 0.3) is 0 Å². The molecule has 0 atom stereocenters. The molecule has 8 heteroatoms. The average molecular weight is 354 g/mol. The molecule has 0 aliphatic heterocycles. The van der Waals surface area contributed by atoms with Gasteiger partial charge in [-0.2, -0.15) is 4.80 Å². The zero-order chi connectivity index (χ0) is 15.4. The number of aromatic nitrogens is 4. The first-order chi connectivity index (χ1) is 10.0. The Morgan fingerprint density at radius 3 is 2.90 bits per heavy atom. The van der Waals surface area contributed by atoms with Gasteiger partial charge in [0.15, 0.2) is 0 Å². The van der Waals surface area contributed by atoms with Crippen molar-refractivity contribution in [1.29, 1.82) is 0 Å². The number of carbonyl (C=O) groups excluding carboxylic acids is 1. The van der Waals surface area contributed by atoms with Gasteiger partial charge >= 0.3 is 0 Å². The third-order valence-electron chi connectivity index (χ3n) is 2.79. The Kier molecular flexibility index (Phi) is 4.89. The monoisotopic (exact) mass is 353 g/mol. The van der Waals surface area contributed by atoms with Crippen molar-refractivity contribution in [2.24, 2.45) is 0 Å². The van der Waals surface area contributed by atoms with Gasteiger partial charge in [-0.15, -0.1) is 5.10 Å². The molecule has 0 bridgehead atoms. The van der Waals surface area contributed by atoms with E-state index in [1.165, 1.54) is 11.9 Å². The summed E-state index contributed by atoms with van der Waals surface area (Å²) in [4.78, 5) is 13.8. The zero-order valence-corrected chi connectivity index (χ0v) is 13.6. The molecule has 0 spiro atoms. The molecule has 0 saturated carbocycles. The fourth-order valence-electron chi connectivity index (χ4n) is 1.93. The number of carbonyl (C=O) groups is 1. The summed E-state index contributed by atoms with van der Waals surface area (Å²) in [6, 6.07) is 3.57. The van der Waals surface area contributed by atoms with Crippen molar-refractivity contribution in [2.75, 3.05) is 12.4 Å². The van der Waals surface area contributed by atoms with Crippen LogP contribution in [-0.4, -0.2) is 33.2 Å². The summed E-state index contributed by atoms with van der Waals surface area (Å²) < 4.78 is 6.09. The highest BCUT2D eigenvalue weighted by atomic mass is 79.9. The van der Waals surface area contributed by atoms with E-state index in [2.05, 4.69) is 36.7 Å². The highest BCUT2D eigenvalue weighted by molar-refractivity contribution is 9.10. The number of tetrazole rings is 1. The molecule has 0 fully saturated rings. The summed E-state index contributed by atoms with van der Waals surface area (Å²) in [7, 11) is 1.53. The van der Waals surface area contributed by atoms with Crippen molar-refractivity contribution < 1.29 is 9.53 Å². The molecule has 21 heavy (non-hydrogen) atoms. The number of anilines is 1. The van der Waals surface area contributed by atoms with E-state index in [1.807, 2.05) is 19.9 Å². The van der Waals surface area contributed by atoms with E-state index in [1.54, 1.807) is 6.07 Å². The summed E-state index contributed by atoms with van der Waals surface area (Å²) in [5.74, 6) is 0.358. The lowest BCUT2D eigenvalue weighted by Gasteiger charge is -2.11. The lowest BCUT2D eigenvalue weighted by atomic mass is 10.1.